The Bertz CT molecular complexity index is 437. The van der Waals surface area contributed by atoms with Crippen LogP contribution in [0.1, 0.15) is 24.9 Å². The number of likely N-dealkylation sites (N-methyl/N-ethyl adjacent to an activating group) is 1. The number of rotatable bonds is 3. The van der Waals surface area contributed by atoms with Crippen LogP contribution in [0.5, 0.6) is 11.5 Å². The van der Waals surface area contributed by atoms with Gasteiger partial charge in [-0.3, -0.25) is 0 Å². The highest BCUT2D eigenvalue weighted by molar-refractivity contribution is 9.11. The maximum absolute atomic E-state index is 5.98. The molecule has 1 aliphatic heterocycles. The van der Waals surface area contributed by atoms with Crippen molar-refractivity contribution in [2.45, 2.75) is 25.5 Å². The predicted octanol–water partition coefficient (Wildman–Crippen LogP) is 3.65. The van der Waals surface area contributed by atoms with Crippen molar-refractivity contribution in [3.8, 4) is 11.5 Å². The fourth-order valence-electron chi connectivity index (χ4n) is 2.21. The van der Waals surface area contributed by atoms with Gasteiger partial charge in [0, 0.05) is 5.56 Å². The number of ether oxygens (including phenoxy) is 2. The van der Waals surface area contributed by atoms with Crippen LogP contribution in [0.15, 0.2) is 15.0 Å². The molecule has 1 heterocycles. The summed E-state index contributed by atoms with van der Waals surface area (Å²) in [7, 11) is 3.62. The number of fused-ring (bicyclic) bond motifs is 1. The summed E-state index contributed by atoms with van der Waals surface area (Å²) in [6, 6.07) is 2.11. The molecule has 0 aliphatic carbocycles. The van der Waals surface area contributed by atoms with E-state index in [2.05, 4.69) is 44.1 Å². The largest absolute Gasteiger partial charge is 0.496 e. The molecule has 3 nitrogen and oxygen atoms in total. The zero-order chi connectivity index (χ0) is 12.6. The molecule has 1 aliphatic rings. The zero-order valence-electron chi connectivity index (χ0n) is 10.0. The Balaban J connectivity index is 2.57. The minimum Gasteiger partial charge on any atom is -0.496 e. The van der Waals surface area contributed by atoms with Gasteiger partial charge in [-0.25, -0.2) is 0 Å². The summed E-state index contributed by atoms with van der Waals surface area (Å²) in [6.45, 7) is 2.12. The number of methoxy groups -OCH3 is 1. The number of hydrogen-bond acceptors (Lipinski definition) is 3. The van der Waals surface area contributed by atoms with Crippen LogP contribution in [-0.4, -0.2) is 20.3 Å². The van der Waals surface area contributed by atoms with Gasteiger partial charge in [0.25, 0.3) is 0 Å². The quantitative estimate of drug-likeness (QED) is 0.887. The van der Waals surface area contributed by atoms with Crippen LogP contribution < -0.4 is 14.8 Å². The van der Waals surface area contributed by atoms with Crippen LogP contribution >= 0.6 is 31.9 Å². The van der Waals surface area contributed by atoms with Gasteiger partial charge in [-0.05, 0) is 51.4 Å². The summed E-state index contributed by atoms with van der Waals surface area (Å²) in [5, 5.41) is 3.31. The Hall–Kier alpha value is -0.260. The van der Waals surface area contributed by atoms with Crippen molar-refractivity contribution < 1.29 is 9.47 Å². The summed E-state index contributed by atoms with van der Waals surface area (Å²) in [5.41, 5.74) is 1.13. The fourth-order valence-corrected chi connectivity index (χ4v) is 3.42. The van der Waals surface area contributed by atoms with Crippen LogP contribution in [0, 0.1) is 0 Å². The molecule has 1 N–H and O–H groups in total. The molecular formula is C12H15Br2NO2. The van der Waals surface area contributed by atoms with Gasteiger partial charge in [0.05, 0.1) is 22.1 Å². The molecule has 0 radical (unpaired) electrons. The molecule has 5 heteroatoms. The van der Waals surface area contributed by atoms with Crippen LogP contribution in [0.2, 0.25) is 0 Å². The standard InChI is InChI=1S/C12H15Br2NO2/c1-4-7-11(15-2)9-10(14)8(16-3)5-6(13)12(9)17-7/h5,7,11,15H,4H2,1-3H3. The van der Waals surface area contributed by atoms with Gasteiger partial charge < -0.3 is 14.8 Å². The van der Waals surface area contributed by atoms with E-state index in [1.54, 1.807) is 7.11 Å². The molecular weight excluding hydrogens is 350 g/mol. The first-order chi connectivity index (χ1) is 8.13. The monoisotopic (exact) mass is 363 g/mol. The molecule has 94 valence electrons. The minimum atomic E-state index is 0.162. The Labute approximate surface area is 118 Å². The molecule has 0 saturated carbocycles. The molecule has 17 heavy (non-hydrogen) atoms. The Morgan fingerprint density at radius 1 is 1.47 bits per heavy atom. The highest BCUT2D eigenvalue weighted by Gasteiger charge is 2.36. The summed E-state index contributed by atoms with van der Waals surface area (Å²) in [6.07, 6.45) is 1.12. The number of halogens is 2. The van der Waals surface area contributed by atoms with Crippen molar-refractivity contribution in [1.29, 1.82) is 0 Å². The van der Waals surface area contributed by atoms with Gasteiger partial charge >= 0.3 is 0 Å². The van der Waals surface area contributed by atoms with Gasteiger partial charge in [-0.1, -0.05) is 6.92 Å². The summed E-state index contributed by atoms with van der Waals surface area (Å²) >= 11 is 7.13. The van der Waals surface area contributed by atoms with E-state index in [1.807, 2.05) is 13.1 Å². The van der Waals surface area contributed by atoms with Crippen LogP contribution in [0.3, 0.4) is 0 Å². The van der Waals surface area contributed by atoms with Crippen molar-refractivity contribution in [3.05, 3.63) is 20.6 Å². The number of nitrogens with one attached hydrogen (secondary N) is 1. The summed E-state index contributed by atoms with van der Waals surface area (Å²) in [4.78, 5) is 0. The van der Waals surface area contributed by atoms with Crippen molar-refractivity contribution in [2.75, 3.05) is 14.2 Å². The third kappa shape index (κ3) is 2.09. The second-order valence-electron chi connectivity index (χ2n) is 3.95. The molecule has 0 amide bonds. The van der Waals surface area contributed by atoms with Crippen molar-refractivity contribution in [3.63, 3.8) is 0 Å². The molecule has 2 unspecified atom stereocenters. The molecule has 0 bridgehead atoms. The molecule has 2 atom stereocenters. The second kappa shape index (κ2) is 5.16. The lowest BCUT2D eigenvalue weighted by Gasteiger charge is -2.17. The van der Waals surface area contributed by atoms with Crippen molar-refractivity contribution >= 4 is 31.9 Å². The van der Waals surface area contributed by atoms with Gasteiger partial charge in [0.1, 0.15) is 17.6 Å². The lowest BCUT2D eigenvalue weighted by molar-refractivity contribution is 0.188. The zero-order valence-corrected chi connectivity index (χ0v) is 13.2. The van der Waals surface area contributed by atoms with Crippen molar-refractivity contribution in [1.82, 2.24) is 5.32 Å². The van der Waals surface area contributed by atoms with E-state index in [0.29, 0.717) is 0 Å². The number of benzene rings is 1. The summed E-state index contributed by atoms with van der Waals surface area (Å²) in [5.74, 6) is 1.72. The highest BCUT2D eigenvalue weighted by atomic mass is 79.9. The van der Waals surface area contributed by atoms with Gasteiger partial charge in [0.2, 0.25) is 0 Å². The SMILES string of the molecule is CCC1Oc2c(Br)cc(OC)c(Br)c2C1NC. The minimum absolute atomic E-state index is 0.162. The Morgan fingerprint density at radius 2 is 2.18 bits per heavy atom. The van der Waals surface area contributed by atoms with Gasteiger partial charge in [-0.2, -0.15) is 0 Å². The summed E-state index contributed by atoms with van der Waals surface area (Å²) < 4.78 is 13.2. The predicted molar refractivity (Wildman–Crippen MR) is 74.9 cm³/mol. The van der Waals surface area contributed by atoms with Crippen LogP contribution in [0.25, 0.3) is 0 Å². The lowest BCUT2D eigenvalue weighted by Crippen LogP contribution is -2.27. The van der Waals surface area contributed by atoms with E-state index in [0.717, 1.165) is 32.4 Å². The first-order valence-electron chi connectivity index (χ1n) is 5.53. The van der Waals surface area contributed by atoms with E-state index >= 15 is 0 Å². The average molecular weight is 365 g/mol. The van der Waals surface area contributed by atoms with Gasteiger partial charge in [-0.15, -0.1) is 0 Å². The van der Waals surface area contributed by atoms with E-state index in [-0.39, 0.29) is 12.1 Å². The smallest absolute Gasteiger partial charge is 0.140 e. The van der Waals surface area contributed by atoms with E-state index < -0.39 is 0 Å². The molecule has 0 spiro atoms. The molecule has 1 aromatic rings. The topological polar surface area (TPSA) is 30.5 Å². The second-order valence-corrected chi connectivity index (χ2v) is 5.60. The molecule has 0 aromatic heterocycles. The average Bonchev–Trinajstić information content (AvgIpc) is 2.72. The lowest BCUT2D eigenvalue weighted by atomic mass is 10.0. The maximum atomic E-state index is 5.98. The maximum Gasteiger partial charge on any atom is 0.140 e. The van der Waals surface area contributed by atoms with Gasteiger partial charge in [0.15, 0.2) is 0 Å². The van der Waals surface area contributed by atoms with Crippen LogP contribution in [0.4, 0.5) is 0 Å². The first kappa shape index (κ1) is 13.2. The number of hydrogen-bond donors (Lipinski definition) is 1. The van der Waals surface area contributed by atoms with E-state index in [9.17, 15) is 0 Å². The first-order valence-corrected chi connectivity index (χ1v) is 7.12. The Morgan fingerprint density at radius 3 is 2.71 bits per heavy atom. The third-order valence-electron chi connectivity index (χ3n) is 3.06. The fraction of sp³-hybridized carbons (Fsp3) is 0.500. The van der Waals surface area contributed by atoms with E-state index in [1.165, 1.54) is 0 Å². The molecule has 2 rings (SSSR count). The highest BCUT2D eigenvalue weighted by Crippen LogP contribution is 2.49. The molecule has 0 saturated heterocycles. The van der Waals surface area contributed by atoms with Crippen molar-refractivity contribution in [2.24, 2.45) is 0 Å². The van der Waals surface area contributed by atoms with E-state index in [4.69, 9.17) is 9.47 Å². The Kier molecular flexibility index (Phi) is 4.00. The normalized spacial score (nSPS) is 22.2. The molecule has 0 fully saturated rings. The third-order valence-corrected chi connectivity index (χ3v) is 4.46. The molecule has 1 aromatic carbocycles. The van der Waals surface area contributed by atoms with Crippen LogP contribution in [-0.2, 0) is 0 Å².